The maximum absolute atomic E-state index is 7.06. The average Bonchev–Trinajstić information content (AvgIpc) is 2.46. The zero-order chi connectivity index (χ0) is 16.2. The van der Waals surface area contributed by atoms with Gasteiger partial charge in [0.1, 0.15) is 0 Å². The Hall–Kier alpha value is -2.62. The minimum Gasteiger partial charge on any atom is -0.369 e. The minimum absolute atomic E-state index is 0.158. The van der Waals surface area contributed by atoms with E-state index in [9.17, 15) is 0 Å². The summed E-state index contributed by atoms with van der Waals surface area (Å²) in [6, 6.07) is 16.7. The van der Waals surface area contributed by atoms with Gasteiger partial charge in [0.25, 0.3) is 0 Å². The normalized spacial score (nSPS) is 11.6. The highest BCUT2D eigenvalue weighted by Gasteiger charge is 2.12. The van der Waals surface area contributed by atoms with Crippen LogP contribution in [0.4, 0.5) is 0 Å². The number of hydrogen-bond acceptors (Lipinski definition) is 2. The fourth-order valence-electron chi connectivity index (χ4n) is 2.14. The molecular weight excluding hydrogens is 272 g/mol. The smallest absolute Gasteiger partial charge is 0.206 e. The van der Waals surface area contributed by atoms with Crippen molar-refractivity contribution >= 4 is 12.2 Å². The van der Waals surface area contributed by atoms with E-state index < -0.39 is 0 Å². The maximum Gasteiger partial charge on any atom is 0.206 e. The Morgan fingerprint density at radius 3 is 2.36 bits per heavy atom. The second kappa shape index (κ2) is 6.43. The standard InChI is InChI=1S/C18H22N4/c1-18(2,3)16-9-7-14(8-10-16)15-6-4-5-13(11-15)12-21-22-17(19)20/h4-12H,1-3H3,(H4,19,20,22)/b21-12+. The van der Waals surface area contributed by atoms with Crippen molar-refractivity contribution in [2.75, 3.05) is 0 Å². The Balaban J connectivity index is 2.22. The van der Waals surface area contributed by atoms with Crippen LogP contribution in [0, 0.1) is 5.41 Å². The number of hydrogen-bond donors (Lipinski definition) is 3. The fourth-order valence-corrected chi connectivity index (χ4v) is 2.14. The molecule has 0 fully saturated rings. The van der Waals surface area contributed by atoms with Crippen molar-refractivity contribution in [1.29, 1.82) is 5.41 Å². The molecule has 0 heterocycles. The third-order valence-corrected chi connectivity index (χ3v) is 3.37. The quantitative estimate of drug-likeness (QED) is 0.460. The second-order valence-electron chi connectivity index (χ2n) is 6.24. The molecule has 0 aliphatic heterocycles. The third kappa shape index (κ3) is 4.19. The first-order valence-electron chi connectivity index (χ1n) is 7.20. The van der Waals surface area contributed by atoms with Crippen molar-refractivity contribution in [3.8, 4) is 11.1 Å². The molecule has 22 heavy (non-hydrogen) atoms. The van der Waals surface area contributed by atoms with E-state index >= 15 is 0 Å². The summed E-state index contributed by atoms with van der Waals surface area (Å²) in [5.41, 5.74) is 12.3. The Labute approximate surface area is 131 Å². The number of nitrogens with zero attached hydrogens (tertiary/aromatic N) is 1. The summed E-state index contributed by atoms with van der Waals surface area (Å²) in [4.78, 5) is 0. The molecule has 0 aliphatic carbocycles. The topological polar surface area (TPSA) is 74.3 Å². The second-order valence-corrected chi connectivity index (χ2v) is 6.24. The van der Waals surface area contributed by atoms with Gasteiger partial charge in [-0.1, -0.05) is 63.2 Å². The predicted molar refractivity (Wildman–Crippen MR) is 93.2 cm³/mol. The zero-order valence-corrected chi connectivity index (χ0v) is 13.2. The molecule has 0 atom stereocenters. The van der Waals surface area contributed by atoms with E-state index in [1.165, 1.54) is 11.1 Å². The monoisotopic (exact) mass is 294 g/mol. The van der Waals surface area contributed by atoms with Gasteiger partial charge in [-0.15, -0.1) is 0 Å². The van der Waals surface area contributed by atoms with Crippen LogP contribution in [-0.2, 0) is 5.41 Å². The predicted octanol–water partition coefficient (Wildman–Crippen LogP) is 3.47. The molecule has 4 N–H and O–H groups in total. The van der Waals surface area contributed by atoms with Gasteiger partial charge in [0, 0.05) is 0 Å². The third-order valence-electron chi connectivity index (χ3n) is 3.37. The maximum atomic E-state index is 7.06. The SMILES string of the molecule is CC(C)(C)c1ccc(-c2cccc(/C=N/NC(=N)N)c2)cc1. The molecule has 2 aromatic carbocycles. The van der Waals surface area contributed by atoms with Crippen LogP contribution < -0.4 is 11.2 Å². The van der Waals surface area contributed by atoms with Crippen LogP contribution in [0.1, 0.15) is 31.9 Å². The minimum atomic E-state index is -0.176. The van der Waals surface area contributed by atoms with E-state index in [2.05, 4.69) is 67.7 Å². The number of rotatable bonds is 3. The molecule has 0 radical (unpaired) electrons. The molecular formula is C18H22N4. The number of benzene rings is 2. The molecule has 0 bridgehead atoms. The highest BCUT2D eigenvalue weighted by atomic mass is 15.3. The lowest BCUT2D eigenvalue weighted by Crippen LogP contribution is -2.25. The first kappa shape index (κ1) is 15.8. The van der Waals surface area contributed by atoms with E-state index in [1.54, 1.807) is 6.21 Å². The Morgan fingerprint density at radius 2 is 1.77 bits per heavy atom. The van der Waals surface area contributed by atoms with Crippen LogP contribution >= 0.6 is 0 Å². The summed E-state index contributed by atoms with van der Waals surface area (Å²) in [7, 11) is 0. The van der Waals surface area contributed by atoms with Gasteiger partial charge in [0.2, 0.25) is 5.96 Å². The van der Waals surface area contributed by atoms with Gasteiger partial charge in [-0.25, -0.2) is 5.43 Å². The lowest BCUT2D eigenvalue weighted by Gasteiger charge is -2.19. The zero-order valence-electron chi connectivity index (χ0n) is 13.2. The van der Waals surface area contributed by atoms with Gasteiger partial charge in [-0.3, -0.25) is 5.41 Å². The van der Waals surface area contributed by atoms with Crippen molar-refractivity contribution in [2.24, 2.45) is 10.8 Å². The van der Waals surface area contributed by atoms with Crippen LogP contribution in [0.15, 0.2) is 53.6 Å². The Bertz CT molecular complexity index is 679. The molecule has 0 saturated heterocycles. The van der Waals surface area contributed by atoms with E-state index in [1.807, 2.05) is 12.1 Å². The van der Waals surface area contributed by atoms with E-state index in [0.29, 0.717) is 0 Å². The van der Waals surface area contributed by atoms with Crippen molar-refractivity contribution in [2.45, 2.75) is 26.2 Å². The highest BCUT2D eigenvalue weighted by molar-refractivity contribution is 5.84. The van der Waals surface area contributed by atoms with Gasteiger partial charge < -0.3 is 5.73 Å². The lowest BCUT2D eigenvalue weighted by molar-refractivity contribution is 0.590. The molecule has 4 nitrogen and oxygen atoms in total. The largest absolute Gasteiger partial charge is 0.369 e. The number of nitrogens with two attached hydrogens (primary N) is 1. The summed E-state index contributed by atoms with van der Waals surface area (Å²) in [5.74, 6) is -0.176. The summed E-state index contributed by atoms with van der Waals surface area (Å²) in [6.45, 7) is 6.63. The van der Waals surface area contributed by atoms with Crippen LogP contribution in [0.5, 0.6) is 0 Å². The molecule has 0 unspecified atom stereocenters. The molecule has 0 aliphatic rings. The van der Waals surface area contributed by atoms with Crippen molar-refractivity contribution in [3.63, 3.8) is 0 Å². The molecule has 4 heteroatoms. The lowest BCUT2D eigenvalue weighted by atomic mass is 9.86. The molecule has 114 valence electrons. The number of nitrogens with one attached hydrogen (secondary N) is 2. The molecule has 2 rings (SSSR count). The highest BCUT2D eigenvalue weighted by Crippen LogP contribution is 2.26. The Kier molecular flexibility index (Phi) is 4.61. The van der Waals surface area contributed by atoms with Gasteiger partial charge in [0.15, 0.2) is 0 Å². The van der Waals surface area contributed by atoms with Gasteiger partial charge in [0.05, 0.1) is 6.21 Å². The van der Waals surface area contributed by atoms with Crippen LogP contribution in [-0.4, -0.2) is 12.2 Å². The van der Waals surface area contributed by atoms with E-state index in [-0.39, 0.29) is 11.4 Å². The molecule has 0 saturated carbocycles. The average molecular weight is 294 g/mol. The summed E-state index contributed by atoms with van der Waals surface area (Å²) in [6.07, 6.45) is 1.65. The molecule has 2 aromatic rings. The van der Waals surface area contributed by atoms with Crippen LogP contribution in [0.25, 0.3) is 11.1 Å². The Morgan fingerprint density at radius 1 is 1.09 bits per heavy atom. The van der Waals surface area contributed by atoms with Gasteiger partial charge >= 0.3 is 0 Å². The molecule has 0 aromatic heterocycles. The molecule has 0 spiro atoms. The fraction of sp³-hybridized carbons (Fsp3) is 0.222. The first-order valence-corrected chi connectivity index (χ1v) is 7.20. The van der Waals surface area contributed by atoms with Crippen molar-refractivity contribution in [3.05, 3.63) is 59.7 Å². The van der Waals surface area contributed by atoms with Crippen molar-refractivity contribution < 1.29 is 0 Å². The summed E-state index contributed by atoms with van der Waals surface area (Å²) in [5, 5.41) is 11.0. The van der Waals surface area contributed by atoms with Crippen molar-refractivity contribution in [1.82, 2.24) is 5.43 Å². The summed E-state index contributed by atoms with van der Waals surface area (Å²) >= 11 is 0. The number of hydrazone groups is 1. The molecule has 0 amide bonds. The summed E-state index contributed by atoms with van der Waals surface area (Å²) < 4.78 is 0. The first-order chi connectivity index (χ1) is 10.4. The van der Waals surface area contributed by atoms with Crippen LogP contribution in [0.3, 0.4) is 0 Å². The number of guanidine groups is 1. The van der Waals surface area contributed by atoms with Gasteiger partial charge in [-0.05, 0) is 33.7 Å². The van der Waals surface area contributed by atoms with Gasteiger partial charge in [-0.2, -0.15) is 5.10 Å². The van der Waals surface area contributed by atoms with Crippen LogP contribution in [0.2, 0.25) is 0 Å². The van der Waals surface area contributed by atoms with E-state index in [4.69, 9.17) is 11.1 Å². The van der Waals surface area contributed by atoms with E-state index in [0.717, 1.165) is 11.1 Å².